The van der Waals surface area contributed by atoms with E-state index in [1.807, 2.05) is 0 Å². The molecule has 0 aliphatic heterocycles. The molecule has 1 aromatic heterocycles. The van der Waals surface area contributed by atoms with Gasteiger partial charge in [-0.15, -0.1) is 13.8 Å². The Morgan fingerprint density at radius 3 is 2.20 bits per heavy atom. The van der Waals surface area contributed by atoms with Crippen LogP contribution in [0.1, 0.15) is 5.76 Å². The molecule has 1 rings (SSSR count). The van der Waals surface area contributed by atoms with Gasteiger partial charge in [0.2, 0.25) is 10.7 Å². The maximum absolute atomic E-state index is 11.8. The van der Waals surface area contributed by atoms with Gasteiger partial charge in [0.1, 0.15) is 0 Å². The summed E-state index contributed by atoms with van der Waals surface area (Å²) >= 11 is 10.4. The minimum atomic E-state index is -2.60. The normalized spacial score (nSPS) is 12.7. The zero-order valence-corrected chi connectivity index (χ0v) is 6.72. The Balaban J connectivity index is 3.03. The molecule has 1 heterocycles. The van der Waals surface area contributed by atoms with Crippen LogP contribution in [0.3, 0.4) is 0 Å². The van der Waals surface area contributed by atoms with Crippen molar-refractivity contribution in [1.29, 1.82) is 0 Å². The van der Waals surface area contributed by atoms with Crippen LogP contribution in [0.5, 0.6) is 0 Å². The van der Waals surface area contributed by atoms with Crippen molar-refractivity contribution < 1.29 is 8.78 Å². The van der Waals surface area contributed by atoms with Crippen molar-refractivity contribution in [2.45, 2.75) is 5.76 Å². The van der Waals surface area contributed by atoms with Crippen LogP contribution >= 0.6 is 33.9 Å². The van der Waals surface area contributed by atoms with E-state index >= 15 is 0 Å². The molecule has 1 atom stereocenters. The molecular weight excluding hydrogens is 205 g/mol. The molecule has 0 aliphatic rings. The third-order valence-electron chi connectivity index (χ3n) is 0.695. The summed E-state index contributed by atoms with van der Waals surface area (Å²) in [4.78, 5) is 3.32. The zero-order valence-electron chi connectivity index (χ0n) is 4.39. The number of nitrogens with zero attached hydrogens (tertiary/aromatic N) is 2. The topological polar surface area (TPSA) is 25.8 Å². The molecule has 0 bridgehead atoms. The fraction of sp³-hybridized carbons (Fsp3) is 0.333. The summed E-state index contributed by atoms with van der Waals surface area (Å²) in [6.45, 7) is 0. The lowest BCUT2D eigenvalue weighted by atomic mass is 11.3. The molecule has 0 saturated carbocycles. The van der Waals surface area contributed by atoms with E-state index in [-0.39, 0.29) is 9.75 Å². The molecule has 0 aromatic carbocycles. The van der Waals surface area contributed by atoms with Gasteiger partial charge in [-0.25, -0.2) is 0 Å². The second-order valence-electron chi connectivity index (χ2n) is 1.30. The van der Waals surface area contributed by atoms with E-state index in [1.54, 1.807) is 0 Å². The van der Waals surface area contributed by atoms with Crippen LogP contribution < -0.4 is 0 Å². The first-order chi connectivity index (χ1) is 4.61. The summed E-state index contributed by atoms with van der Waals surface area (Å²) in [6, 6.07) is 0. The molecule has 1 aromatic rings. The molecule has 56 valence electrons. The number of alkyl halides is 2. The van der Waals surface area contributed by atoms with E-state index in [2.05, 4.69) is 9.36 Å². The smallest absolute Gasteiger partial charge is 0.150 e. The standard InChI is InChI=1S/C3HCl2F2N2S/c4-1-8-2(5)10(9-1)3(6)7/h3H/q+1. The molecule has 7 heteroatoms. The van der Waals surface area contributed by atoms with Crippen LogP contribution in [0, 0.1) is 0 Å². The van der Waals surface area contributed by atoms with Gasteiger partial charge in [-0.1, -0.05) is 0 Å². The molecule has 2 nitrogen and oxygen atoms in total. The Morgan fingerprint density at radius 1 is 1.40 bits per heavy atom. The van der Waals surface area contributed by atoms with Gasteiger partial charge in [0.05, 0.1) is 0 Å². The second kappa shape index (κ2) is 2.94. The van der Waals surface area contributed by atoms with Crippen molar-refractivity contribution in [2.24, 2.45) is 0 Å². The first kappa shape index (κ1) is 8.10. The van der Waals surface area contributed by atoms with Crippen molar-refractivity contribution in [2.75, 3.05) is 0 Å². The Labute approximate surface area is 67.9 Å². The van der Waals surface area contributed by atoms with E-state index in [0.717, 1.165) is 0 Å². The average Bonchev–Trinajstić information content (AvgIpc) is 2.10. The minimum Gasteiger partial charge on any atom is -0.150 e. The highest BCUT2D eigenvalue weighted by Crippen LogP contribution is 2.38. The number of aromatic nitrogens is 2. The maximum atomic E-state index is 11.8. The van der Waals surface area contributed by atoms with Crippen LogP contribution in [0.2, 0.25) is 9.75 Å². The van der Waals surface area contributed by atoms with Crippen molar-refractivity contribution >= 4 is 33.9 Å². The summed E-state index contributed by atoms with van der Waals surface area (Å²) in [6.07, 6.45) is 0. The summed E-state index contributed by atoms with van der Waals surface area (Å²) in [7, 11) is -1.62. The molecule has 1 unspecified atom stereocenters. The lowest BCUT2D eigenvalue weighted by Gasteiger charge is -1.77. The van der Waals surface area contributed by atoms with Crippen LogP contribution in [0.4, 0.5) is 8.78 Å². The first-order valence-electron chi connectivity index (χ1n) is 2.11. The maximum Gasteiger partial charge on any atom is 0.445 e. The van der Waals surface area contributed by atoms with Crippen LogP contribution in [0.25, 0.3) is 0 Å². The van der Waals surface area contributed by atoms with Gasteiger partial charge in [0.15, 0.2) is 0 Å². The Kier molecular flexibility index (Phi) is 2.38. The van der Waals surface area contributed by atoms with Crippen LogP contribution in [-0.2, 0) is 0 Å². The van der Waals surface area contributed by atoms with E-state index in [9.17, 15) is 8.78 Å². The van der Waals surface area contributed by atoms with Crippen LogP contribution in [0.15, 0.2) is 0 Å². The third-order valence-corrected chi connectivity index (χ3v) is 2.67. The fourth-order valence-electron chi connectivity index (χ4n) is 0.372. The minimum absolute atomic E-state index is 0.200. The Morgan fingerprint density at radius 2 is 2.00 bits per heavy atom. The number of halogens is 4. The van der Waals surface area contributed by atoms with Crippen molar-refractivity contribution in [3.8, 4) is 0 Å². The summed E-state index contributed by atoms with van der Waals surface area (Å²) in [5.41, 5.74) is 0. The lowest BCUT2D eigenvalue weighted by molar-refractivity contribution is 0.204. The Hall–Kier alpha value is -0.0000000000000000555. The molecule has 0 N–H and O–H groups in total. The van der Waals surface area contributed by atoms with Gasteiger partial charge < -0.3 is 0 Å². The predicted octanol–water partition coefficient (Wildman–Crippen LogP) is 2.93. The monoisotopic (exact) mass is 205 g/mol. The SMILES string of the molecule is FC(F)[s+]1nc(Cl)nc1Cl. The molecule has 0 radical (unpaired) electrons. The molecular formula is C3HCl2F2N2S+. The summed E-state index contributed by atoms with van der Waals surface area (Å²) < 4.78 is 26.8. The summed E-state index contributed by atoms with van der Waals surface area (Å²) in [5.74, 6) is -2.60. The van der Waals surface area contributed by atoms with Crippen molar-refractivity contribution in [3.05, 3.63) is 9.75 Å². The van der Waals surface area contributed by atoms with Crippen molar-refractivity contribution in [1.82, 2.24) is 9.36 Å². The van der Waals surface area contributed by atoms with E-state index in [4.69, 9.17) is 23.2 Å². The molecule has 0 fully saturated rings. The largest absolute Gasteiger partial charge is 0.445 e. The average molecular weight is 206 g/mol. The van der Waals surface area contributed by atoms with E-state index in [0.29, 0.717) is 0 Å². The Bertz CT molecular complexity index is 238. The molecule has 0 spiro atoms. The predicted molar refractivity (Wildman–Crippen MR) is 35.8 cm³/mol. The van der Waals surface area contributed by atoms with Gasteiger partial charge in [-0.3, -0.25) is 0 Å². The highest BCUT2D eigenvalue weighted by atomic mass is 35.5. The van der Waals surface area contributed by atoms with Crippen molar-refractivity contribution in [3.63, 3.8) is 0 Å². The number of hydrogen-bond acceptors (Lipinski definition) is 2. The van der Waals surface area contributed by atoms with E-state index < -0.39 is 16.4 Å². The second-order valence-corrected chi connectivity index (χ2v) is 3.78. The van der Waals surface area contributed by atoms with Gasteiger partial charge in [0.25, 0.3) is 5.28 Å². The molecule has 10 heavy (non-hydrogen) atoms. The number of rotatable bonds is 1. The third kappa shape index (κ3) is 1.53. The van der Waals surface area contributed by atoms with Gasteiger partial charge in [-0.05, 0) is 11.6 Å². The molecule has 0 saturated heterocycles. The van der Waals surface area contributed by atoms with Gasteiger partial charge in [0, 0.05) is 16.0 Å². The first-order valence-corrected chi connectivity index (χ1v) is 4.11. The quantitative estimate of drug-likeness (QED) is 0.660. The zero-order chi connectivity index (χ0) is 7.72. The van der Waals surface area contributed by atoms with Gasteiger partial charge >= 0.3 is 10.2 Å². The molecule has 0 amide bonds. The van der Waals surface area contributed by atoms with Crippen LogP contribution in [-0.4, -0.2) is 9.36 Å². The lowest BCUT2D eigenvalue weighted by Crippen LogP contribution is -1.69. The van der Waals surface area contributed by atoms with Gasteiger partial charge in [-0.2, -0.15) is 0 Å². The summed E-state index contributed by atoms with van der Waals surface area (Å²) in [5, 5.41) is -0.200. The highest BCUT2D eigenvalue weighted by Gasteiger charge is 2.29. The molecule has 0 aliphatic carbocycles. The van der Waals surface area contributed by atoms with E-state index in [1.165, 1.54) is 0 Å². The number of hydrogen-bond donors (Lipinski definition) is 0. The fourth-order valence-corrected chi connectivity index (χ4v) is 1.84. The highest BCUT2D eigenvalue weighted by molar-refractivity contribution is 7.29.